The van der Waals surface area contributed by atoms with Crippen molar-refractivity contribution < 1.29 is 28.6 Å². The van der Waals surface area contributed by atoms with Crippen molar-refractivity contribution in [3.63, 3.8) is 0 Å². The summed E-state index contributed by atoms with van der Waals surface area (Å²) in [5.41, 5.74) is 1.46. The van der Waals surface area contributed by atoms with Crippen LogP contribution < -0.4 is 19.5 Å². The minimum atomic E-state index is -0.459. The highest BCUT2D eigenvalue weighted by atomic mass is 16.5. The van der Waals surface area contributed by atoms with Crippen LogP contribution >= 0.6 is 0 Å². The molecule has 1 N–H and O–H groups in total. The van der Waals surface area contributed by atoms with E-state index in [4.69, 9.17) is 14.2 Å². The van der Waals surface area contributed by atoms with Gasteiger partial charge >= 0.3 is 0 Å². The Morgan fingerprint density at radius 1 is 0.879 bits per heavy atom. The van der Waals surface area contributed by atoms with Crippen LogP contribution in [0.25, 0.3) is 10.8 Å². The highest BCUT2D eigenvalue weighted by Gasteiger charge is 2.36. The van der Waals surface area contributed by atoms with E-state index < -0.39 is 17.7 Å². The molecule has 3 aromatic carbocycles. The summed E-state index contributed by atoms with van der Waals surface area (Å²) < 4.78 is 16.8. The average molecular weight is 448 g/mol. The molecule has 1 aliphatic rings. The molecule has 0 bridgehead atoms. The molecular weight excluding hydrogens is 424 g/mol. The van der Waals surface area contributed by atoms with E-state index in [0.717, 1.165) is 21.2 Å². The van der Waals surface area contributed by atoms with E-state index in [-0.39, 0.29) is 13.1 Å². The van der Waals surface area contributed by atoms with Crippen molar-refractivity contribution in [2.24, 2.45) is 0 Å². The second kappa shape index (κ2) is 9.20. The Bertz CT molecular complexity index is 1220. The minimum absolute atomic E-state index is 0.280. The Morgan fingerprint density at radius 3 is 2.15 bits per heavy atom. The van der Waals surface area contributed by atoms with Gasteiger partial charge in [0.1, 0.15) is 23.8 Å². The standard InChI is InChI=1S/C25H24N2O6/c1-31-19-10-6-9-18-20(32-2)13-15(23(33-3)22(18)19)11-12-26-21(28)14-27-24(29)16-7-4-5-8-17(16)25(27)30/h4-10,13H,11-12,14H2,1-3H3,(H,26,28). The molecule has 0 unspecified atom stereocenters. The van der Waals surface area contributed by atoms with Crippen LogP contribution in [0.4, 0.5) is 0 Å². The first-order valence-electron chi connectivity index (χ1n) is 10.4. The monoisotopic (exact) mass is 448 g/mol. The van der Waals surface area contributed by atoms with Crippen LogP contribution in [0.2, 0.25) is 0 Å². The molecule has 0 atom stereocenters. The number of nitrogens with one attached hydrogen (secondary N) is 1. The van der Waals surface area contributed by atoms with Crippen LogP contribution in [-0.4, -0.2) is 57.0 Å². The Balaban J connectivity index is 1.48. The van der Waals surface area contributed by atoms with Gasteiger partial charge in [0.15, 0.2) is 0 Å². The Kier molecular flexibility index (Phi) is 6.17. The molecule has 0 fully saturated rings. The number of hydrogen-bond donors (Lipinski definition) is 1. The normalized spacial score (nSPS) is 12.6. The number of fused-ring (bicyclic) bond motifs is 2. The van der Waals surface area contributed by atoms with E-state index in [2.05, 4.69) is 5.32 Å². The zero-order valence-corrected chi connectivity index (χ0v) is 18.6. The van der Waals surface area contributed by atoms with Gasteiger partial charge in [-0.3, -0.25) is 19.3 Å². The molecule has 0 saturated carbocycles. The summed E-state index contributed by atoms with van der Waals surface area (Å²) in [7, 11) is 4.76. The van der Waals surface area contributed by atoms with Gasteiger partial charge in [-0.2, -0.15) is 0 Å². The summed E-state index contributed by atoms with van der Waals surface area (Å²) in [6.45, 7) is -0.0550. The number of nitrogens with zero attached hydrogens (tertiary/aromatic N) is 1. The van der Waals surface area contributed by atoms with Gasteiger partial charge in [-0.05, 0) is 30.7 Å². The topological polar surface area (TPSA) is 94.2 Å². The number of carbonyl (C=O) groups excluding carboxylic acids is 3. The largest absolute Gasteiger partial charge is 0.496 e. The number of hydrogen-bond acceptors (Lipinski definition) is 6. The lowest BCUT2D eigenvalue weighted by molar-refractivity contribution is -0.121. The first-order chi connectivity index (χ1) is 16.0. The van der Waals surface area contributed by atoms with Crippen LogP contribution in [0.5, 0.6) is 17.2 Å². The predicted molar refractivity (Wildman–Crippen MR) is 122 cm³/mol. The highest BCUT2D eigenvalue weighted by Crippen LogP contribution is 2.41. The molecule has 1 aliphatic heterocycles. The van der Waals surface area contributed by atoms with Gasteiger partial charge in [-0.15, -0.1) is 0 Å². The summed E-state index contributed by atoms with van der Waals surface area (Å²) in [5.74, 6) is 0.612. The van der Waals surface area contributed by atoms with Crippen LogP contribution in [0.3, 0.4) is 0 Å². The zero-order chi connectivity index (χ0) is 23.5. The van der Waals surface area contributed by atoms with Crippen molar-refractivity contribution in [1.82, 2.24) is 10.2 Å². The van der Waals surface area contributed by atoms with Gasteiger partial charge in [0.2, 0.25) is 5.91 Å². The van der Waals surface area contributed by atoms with E-state index in [1.807, 2.05) is 24.3 Å². The lowest BCUT2D eigenvalue weighted by atomic mass is 10.0. The molecule has 170 valence electrons. The third-order valence-corrected chi connectivity index (χ3v) is 5.66. The van der Waals surface area contributed by atoms with Crippen molar-refractivity contribution in [2.45, 2.75) is 6.42 Å². The molecular formula is C25H24N2O6. The van der Waals surface area contributed by atoms with E-state index >= 15 is 0 Å². The van der Waals surface area contributed by atoms with E-state index in [1.165, 1.54) is 0 Å². The van der Waals surface area contributed by atoms with Gasteiger partial charge in [0.25, 0.3) is 11.8 Å². The van der Waals surface area contributed by atoms with E-state index in [1.54, 1.807) is 45.6 Å². The predicted octanol–water partition coefficient (Wildman–Crippen LogP) is 2.82. The minimum Gasteiger partial charge on any atom is -0.496 e. The zero-order valence-electron chi connectivity index (χ0n) is 18.6. The number of ether oxygens (including phenoxy) is 3. The number of rotatable bonds is 8. The number of methoxy groups -OCH3 is 3. The average Bonchev–Trinajstić information content (AvgIpc) is 3.08. The summed E-state index contributed by atoms with van der Waals surface area (Å²) in [6.07, 6.45) is 0.446. The fraction of sp³-hybridized carbons (Fsp3) is 0.240. The second-order valence-electron chi connectivity index (χ2n) is 7.50. The molecule has 0 saturated heterocycles. The number of benzene rings is 3. The van der Waals surface area contributed by atoms with Crippen molar-refractivity contribution in [3.8, 4) is 17.2 Å². The summed E-state index contributed by atoms with van der Waals surface area (Å²) in [5, 5.41) is 4.42. The molecule has 4 rings (SSSR count). The molecule has 0 spiro atoms. The smallest absolute Gasteiger partial charge is 0.262 e. The van der Waals surface area contributed by atoms with Gasteiger partial charge in [-0.1, -0.05) is 24.3 Å². The van der Waals surface area contributed by atoms with Crippen molar-refractivity contribution in [2.75, 3.05) is 34.4 Å². The Hall–Kier alpha value is -4.07. The first kappa shape index (κ1) is 22.1. The van der Waals surface area contributed by atoms with Gasteiger partial charge in [0, 0.05) is 17.5 Å². The summed E-state index contributed by atoms with van der Waals surface area (Å²) >= 11 is 0. The fourth-order valence-electron chi connectivity index (χ4n) is 4.11. The number of carbonyl (C=O) groups is 3. The maximum Gasteiger partial charge on any atom is 0.262 e. The molecule has 3 aromatic rings. The quantitative estimate of drug-likeness (QED) is 0.533. The second-order valence-corrected chi connectivity index (χ2v) is 7.50. The van der Waals surface area contributed by atoms with Gasteiger partial charge in [-0.25, -0.2) is 0 Å². The SMILES string of the molecule is COc1cc(CCNC(=O)CN2C(=O)c3ccccc3C2=O)c(OC)c2c(OC)cccc12. The van der Waals surface area contributed by atoms with Crippen LogP contribution in [-0.2, 0) is 11.2 Å². The maximum absolute atomic E-state index is 12.5. The molecule has 0 aliphatic carbocycles. The van der Waals surface area contributed by atoms with Crippen LogP contribution in [0.15, 0.2) is 48.5 Å². The van der Waals surface area contributed by atoms with E-state index in [9.17, 15) is 14.4 Å². The van der Waals surface area contributed by atoms with E-state index in [0.29, 0.717) is 34.8 Å². The van der Waals surface area contributed by atoms with Crippen molar-refractivity contribution in [3.05, 3.63) is 65.2 Å². The Labute approximate surface area is 191 Å². The molecule has 0 radical (unpaired) electrons. The number of amides is 3. The molecule has 0 aromatic heterocycles. The number of imide groups is 1. The molecule has 33 heavy (non-hydrogen) atoms. The van der Waals surface area contributed by atoms with Gasteiger partial charge in [0.05, 0.1) is 37.8 Å². The summed E-state index contributed by atoms with van der Waals surface area (Å²) in [4.78, 5) is 38.4. The lowest BCUT2D eigenvalue weighted by Gasteiger charge is -2.18. The van der Waals surface area contributed by atoms with Gasteiger partial charge < -0.3 is 19.5 Å². The molecule has 3 amide bonds. The Morgan fingerprint density at radius 2 is 1.55 bits per heavy atom. The highest BCUT2D eigenvalue weighted by molar-refractivity contribution is 6.22. The van der Waals surface area contributed by atoms with Crippen molar-refractivity contribution in [1.29, 1.82) is 0 Å². The third kappa shape index (κ3) is 3.95. The lowest BCUT2D eigenvalue weighted by Crippen LogP contribution is -2.40. The molecule has 8 nitrogen and oxygen atoms in total. The molecule has 8 heteroatoms. The van der Waals surface area contributed by atoms with Crippen LogP contribution in [0.1, 0.15) is 26.3 Å². The van der Waals surface area contributed by atoms with Crippen LogP contribution in [0, 0.1) is 0 Å². The third-order valence-electron chi connectivity index (χ3n) is 5.66. The summed E-state index contributed by atoms with van der Waals surface area (Å²) in [6, 6.07) is 14.1. The first-order valence-corrected chi connectivity index (χ1v) is 10.4. The fourth-order valence-corrected chi connectivity index (χ4v) is 4.11. The maximum atomic E-state index is 12.5. The molecule has 1 heterocycles. The van der Waals surface area contributed by atoms with Crippen molar-refractivity contribution >= 4 is 28.5 Å².